The molecule has 0 aromatic carbocycles. The maximum absolute atomic E-state index is 12.8. The zero-order valence-corrected chi connectivity index (χ0v) is 15.1. The van der Waals surface area contributed by atoms with E-state index in [1.54, 1.807) is 6.20 Å². The average Bonchev–Trinajstić information content (AvgIpc) is 2.59. The second-order valence-electron chi connectivity index (χ2n) is 6.21. The average molecular weight is 340 g/mol. The maximum atomic E-state index is 12.8. The molecular formula is C18H30ClN3O. The molecule has 5 heteroatoms. The number of carbonyl (C=O) groups excluding carboxylic acids is 1. The lowest BCUT2D eigenvalue weighted by Gasteiger charge is -2.37. The van der Waals surface area contributed by atoms with Crippen LogP contribution in [0.4, 0.5) is 0 Å². The van der Waals surface area contributed by atoms with Gasteiger partial charge in [-0.25, -0.2) is 0 Å². The van der Waals surface area contributed by atoms with Crippen LogP contribution in [0.25, 0.3) is 0 Å². The fourth-order valence-electron chi connectivity index (χ4n) is 3.18. The molecule has 1 amide bonds. The van der Waals surface area contributed by atoms with Gasteiger partial charge in [-0.2, -0.15) is 0 Å². The summed E-state index contributed by atoms with van der Waals surface area (Å²) in [5.41, 5.74) is 1.13. The van der Waals surface area contributed by atoms with Crippen LogP contribution in [0.1, 0.15) is 57.6 Å². The summed E-state index contributed by atoms with van der Waals surface area (Å²) in [5, 5.41) is 3.40. The highest BCUT2D eigenvalue weighted by molar-refractivity contribution is 5.85. The lowest BCUT2D eigenvalue weighted by Crippen LogP contribution is -2.49. The minimum atomic E-state index is 0. The van der Waals surface area contributed by atoms with Gasteiger partial charge in [0.25, 0.3) is 0 Å². The van der Waals surface area contributed by atoms with Crippen LogP contribution in [-0.2, 0) is 4.79 Å². The van der Waals surface area contributed by atoms with Crippen LogP contribution in [0.2, 0.25) is 0 Å². The lowest BCUT2D eigenvalue weighted by molar-refractivity contribution is -0.135. The molecule has 2 rings (SSSR count). The van der Waals surface area contributed by atoms with Gasteiger partial charge in [0, 0.05) is 38.4 Å². The number of hydrogen-bond donors (Lipinski definition) is 1. The summed E-state index contributed by atoms with van der Waals surface area (Å²) < 4.78 is 0. The van der Waals surface area contributed by atoms with E-state index in [0.29, 0.717) is 18.2 Å². The topological polar surface area (TPSA) is 45.2 Å². The number of unbranched alkanes of at least 4 members (excludes halogenated alkanes) is 1. The normalized spacial score (nSPS) is 19.0. The van der Waals surface area contributed by atoms with Gasteiger partial charge in [-0.3, -0.25) is 9.78 Å². The first kappa shape index (κ1) is 19.9. The third kappa shape index (κ3) is 5.78. The van der Waals surface area contributed by atoms with Gasteiger partial charge in [-0.1, -0.05) is 39.2 Å². The molecule has 0 bridgehead atoms. The number of aromatic nitrogens is 1. The predicted octanol–water partition coefficient (Wildman–Crippen LogP) is 3.58. The zero-order valence-electron chi connectivity index (χ0n) is 14.3. The van der Waals surface area contributed by atoms with Gasteiger partial charge in [0.05, 0.1) is 6.04 Å². The number of piperazine rings is 1. The van der Waals surface area contributed by atoms with Gasteiger partial charge in [0.15, 0.2) is 0 Å². The Morgan fingerprint density at radius 1 is 1.48 bits per heavy atom. The summed E-state index contributed by atoms with van der Waals surface area (Å²) in [4.78, 5) is 19.1. The Kier molecular flexibility index (Phi) is 9.19. The Hall–Kier alpha value is -1.13. The van der Waals surface area contributed by atoms with E-state index in [0.717, 1.165) is 31.6 Å². The van der Waals surface area contributed by atoms with E-state index in [1.807, 2.05) is 12.3 Å². The number of carbonyl (C=O) groups is 1. The smallest absolute Gasteiger partial charge is 0.223 e. The van der Waals surface area contributed by atoms with Crippen molar-refractivity contribution in [3.63, 3.8) is 0 Å². The number of amides is 1. The minimum Gasteiger partial charge on any atom is -0.333 e. The maximum Gasteiger partial charge on any atom is 0.223 e. The predicted molar refractivity (Wildman–Crippen MR) is 96.7 cm³/mol. The van der Waals surface area contributed by atoms with Crippen LogP contribution < -0.4 is 5.32 Å². The molecule has 1 N–H and O–H groups in total. The van der Waals surface area contributed by atoms with Crippen LogP contribution in [0, 0.1) is 5.92 Å². The van der Waals surface area contributed by atoms with Gasteiger partial charge in [-0.15, -0.1) is 12.4 Å². The molecule has 0 radical (unpaired) electrons. The fourth-order valence-corrected chi connectivity index (χ4v) is 3.18. The van der Waals surface area contributed by atoms with Crippen molar-refractivity contribution in [1.29, 1.82) is 0 Å². The minimum absolute atomic E-state index is 0. The molecule has 1 fully saturated rings. The molecule has 1 aliphatic rings. The molecule has 2 heterocycles. The zero-order chi connectivity index (χ0) is 15.8. The van der Waals surface area contributed by atoms with Crippen molar-refractivity contribution >= 4 is 18.3 Å². The molecular weight excluding hydrogens is 310 g/mol. The van der Waals surface area contributed by atoms with Crippen molar-refractivity contribution in [3.05, 3.63) is 30.1 Å². The monoisotopic (exact) mass is 339 g/mol. The summed E-state index contributed by atoms with van der Waals surface area (Å²) in [5.74, 6) is 0.829. The molecule has 0 aliphatic carbocycles. The first-order valence-electron chi connectivity index (χ1n) is 8.66. The molecule has 2 unspecified atom stereocenters. The Balaban J connectivity index is 0.00000264. The summed E-state index contributed by atoms with van der Waals surface area (Å²) in [7, 11) is 0. The number of pyridine rings is 1. The van der Waals surface area contributed by atoms with Gasteiger partial charge in [0.2, 0.25) is 5.91 Å². The molecule has 4 nitrogen and oxygen atoms in total. The number of nitrogens with zero attached hydrogens (tertiary/aromatic N) is 2. The number of halogens is 1. The first-order chi connectivity index (χ1) is 10.8. The highest BCUT2D eigenvalue weighted by atomic mass is 35.5. The van der Waals surface area contributed by atoms with E-state index < -0.39 is 0 Å². The molecule has 2 atom stereocenters. The summed E-state index contributed by atoms with van der Waals surface area (Å²) in [6.07, 6.45) is 9.04. The molecule has 130 valence electrons. The van der Waals surface area contributed by atoms with Crippen molar-refractivity contribution in [2.45, 2.75) is 52.0 Å². The van der Waals surface area contributed by atoms with E-state index in [9.17, 15) is 4.79 Å². The van der Waals surface area contributed by atoms with E-state index in [2.05, 4.69) is 35.1 Å². The molecule has 1 aromatic rings. The molecule has 23 heavy (non-hydrogen) atoms. The van der Waals surface area contributed by atoms with Crippen molar-refractivity contribution in [1.82, 2.24) is 15.2 Å². The van der Waals surface area contributed by atoms with Crippen LogP contribution in [0.5, 0.6) is 0 Å². The highest BCUT2D eigenvalue weighted by Gasteiger charge is 2.28. The lowest BCUT2D eigenvalue weighted by atomic mass is 9.94. The fraction of sp³-hybridized carbons (Fsp3) is 0.667. The Morgan fingerprint density at radius 2 is 2.30 bits per heavy atom. The Bertz CT molecular complexity index is 455. The molecule has 1 saturated heterocycles. The van der Waals surface area contributed by atoms with Crippen LogP contribution in [0.3, 0.4) is 0 Å². The Morgan fingerprint density at radius 3 is 2.96 bits per heavy atom. The van der Waals surface area contributed by atoms with Gasteiger partial charge < -0.3 is 10.2 Å². The third-order valence-corrected chi connectivity index (χ3v) is 4.64. The highest BCUT2D eigenvalue weighted by Crippen LogP contribution is 2.25. The summed E-state index contributed by atoms with van der Waals surface area (Å²) >= 11 is 0. The van der Waals surface area contributed by atoms with Crippen molar-refractivity contribution in [3.8, 4) is 0 Å². The van der Waals surface area contributed by atoms with Crippen molar-refractivity contribution in [2.75, 3.05) is 19.6 Å². The van der Waals surface area contributed by atoms with Crippen LogP contribution >= 0.6 is 12.4 Å². The number of hydrogen-bond acceptors (Lipinski definition) is 3. The van der Waals surface area contributed by atoms with Gasteiger partial charge in [0.1, 0.15) is 0 Å². The van der Waals surface area contributed by atoms with E-state index >= 15 is 0 Å². The molecule has 0 saturated carbocycles. The standard InChI is InChI=1S/C18H29N3O.ClH/c1-3-5-7-15(4-2)12-18(22)21-11-10-20-14-17(21)16-8-6-9-19-13-16;/h6,8-9,13,15,17,20H,3-5,7,10-12,14H2,1-2H3;1H. The summed E-state index contributed by atoms with van der Waals surface area (Å²) in [6.45, 7) is 6.91. The van der Waals surface area contributed by atoms with Crippen LogP contribution in [-0.4, -0.2) is 35.4 Å². The van der Waals surface area contributed by atoms with Crippen molar-refractivity contribution < 1.29 is 4.79 Å². The van der Waals surface area contributed by atoms with E-state index in [-0.39, 0.29) is 18.4 Å². The quantitative estimate of drug-likeness (QED) is 0.825. The third-order valence-electron chi connectivity index (χ3n) is 4.64. The second kappa shape index (κ2) is 10.6. The molecule has 1 aromatic heterocycles. The van der Waals surface area contributed by atoms with Gasteiger partial charge >= 0.3 is 0 Å². The number of rotatable bonds is 7. The summed E-state index contributed by atoms with van der Waals surface area (Å²) in [6, 6.07) is 4.14. The van der Waals surface area contributed by atoms with Crippen molar-refractivity contribution in [2.24, 2.45) is 5.92 Å². The first-order valence-corrected chi connectivity index (χ1v) is 8.66. The second-order valence-corrected chi connectivity index (χ2v) is 6.21. The van der Waals surface area contributed by atoms with E-state index in [4.69, 9.17) is 0 Å². The van der Waals surface area contributed by atoms with Gasteiger partial charge in [-0.05, 0) is 24.0 Å². The molecule has 0 spiro atoms. The SMILES string of the molecule is CCCCC(CC)CC(=O)N1CCNCC1c1cccnc1.Cl. The Labute approximate surface area is 146 Å². The molecule has 1 aliphatic heterocycles. The van der Waals surface area contributed by atoms with Crippen LogP contribution in [0.15, 0.2) is 24.5 Å². The largest absolute Gasteiger partial charge is 0.333 e. The van der Waals surface area contributed by atoms with E-state index in [1.165, 1.54) is 19.3 Å². The number of nitrogens with one attached hydrogen (secondary N) is 1.